The third-order valence-corrected chi connectivity index (χ3v) is 14.1. The molecule has 0 nitrogen and oxygen atoms in total. The average Bonchev–Trinajstić information content (AvgIpc) is 3.30. The molecular weight excluding hydrogens is 651 g/mol. The lowest BCUT2D eigenvalue weighted by Crippen LogP contribution is -2.31. The third-order valence-electron chi connectivity index (χ3n) is 11.3. The molecule has 0 aromatic heterocycles. The van der Waals surface area contributed by atoms with Gasteiger partial charge in [-0.2, -0.15) is 0 Å². The van der Waals surface area contributed by atoms with Crippen LogP contribution in [0.25, 0.3) is 21.5 Å². The van der Waals surface area contributed by atoms with Crippen LogP contribution in [-0.4, -0.2) is 9.52 Å². The molecule has 4 aromatic rings. The summed E-state index contributed by atoms with van der Waals surface area (Å²) in [6, 6.07) is 25.9. The van der Waals surface area contributed by atoms with Crippen LogP contribution >= 0.6 is 23.2 Å². The molecule has 8 rings (SSSR count). The van der Waals surface area contributed by atoms with Crippen molar-refractivity contribution in [2.24, 2.45) is 0 Å². The maximum atomic E-state index is 6.91. The highest BCUT2D eigenvalue weighted by atomic mass is 35.5. The molecule has 49 heavy (non-hydrogen) atoms. The molecule has 2 radical (unpaired) electrons. The van der Waals surface area contributed by atoms with E-state index in [1.807, 2.05) is 0 Å². The Hall–Kier alpha value is -3.88. The fourth-order valence-corrected chi connectivity index (χ4v) is 12.0. The highest BCUT2D eigenvalue weighted by Crippen LogP contribution is 2.63. The van der Waals surface area contributed by atoms with Crippen LogP contribution in [0.5, 0.6) is 0 Å². The summed E-state index contributed by atoms with van der Waals surface area (Å²) in [4.78, 5) is 0. The molecular formula is C46H40Cl2Si. The van der Waals surface area contributed by atoms with E-state index in [0.717, 1.165) is 33.7 Å². The van der Waals surface area contributed by atoms with Crippen LogP contribution in [0.1, 0.15) is 63.5 Å². The Balaban J connectivity index is 1.23. The fourth-order valence-electron chi connectivity index (χ4n) is 8.86. The maximum Gasteiger partial charge on any atom is 0.0757 e. The standard InChI is InChI=1S/C46H40Cl2Si/c1-5-33-27-39-35(31-23-29-15-7-9-19-37(29)43(47)25-31)17-11-13-21-41(39)45(33,3)49-46(4)34(6-2)28-40-36(18-12-14-22-42(40)46)32-24-30-16-8-10-20-38(30)44(48)26-32/h7-28,35-36H,5-6H2,1-4H3. The molecule has 4 unspecified atom stereocenters. The minimum Gasteiger partial charge on any atom is -0.0837 e. The number of hydrogen-bond donors (Lipinski definition) is 0. The van der Waals surface area contributed by atoms with Crippen LogP contribution in [0.4, 0.5) is 0 Å². The summed E-state index contributed by atoms with van der Waals surface area (Å²) in [6.45, 7) is 9.68. The summed E-state index contributed by atoms with van der Waals surface area (Å²) < 4.78 is 0. The van der Waals surface area contributed by atoms with E-state index in [2.05, 4.69) is 161 Å². The second-order valence-corrected chi connectivity index (χ2v) is 17.1. The highest BCUT2D eigenvalue weighted by Gasteiger charge is 2.49. The van der Waals surface area contributed by atoms with Crippen LogP contribution in [-0.2, 0) is 0 Å². The molecule has 0 spiro atoms. The smallest absolute Gasteiger partial charge is 0.0757 e. The van der Waals surface area contributed by atoms with E-state index >= 15 is 0 Å². The van der Waals surface area contributed by atoms with Gasteiger partial charge in [0.1, 0.15) is 0 Å². The summed E-state index contributed by atoms with van der Waals surface area (Å²) in [5.74, 6) is 0.272. The Morgan fingerprint density at radius 2 is 1.02 bits per heavy atom. The van der Waals surface area contributed by atoms with Crippen molar-refractivity contribution in [1.82, 2.24) is 0 Å². The van der Waals surface area contributed by atoms with Crippen LogP contribution in [0.3, 0.4) is 0 Å². The van der Waals surface area contributed by atoms with Gasteiger partial charge in [-0.05, 0) is 69.2 Å². The minimum atomic E-state index is -0.105. The van der Waals surface area contributed by atoms with E-state index in [-0.39, 0.29) is 21.9 Å². The van der Waals surface area contributed by atoms with E-state index in [9.17, 15) is 0 Å². The molecule has 0 heterocycles. The molecule has 0 saturated heterocycles. The van der Waals surface area contributed by atoms with Gasteiger partial charge in [0.25, 0.3) is 0 Å². The molecule has 0 saturated carbocycles. The van der Waals surface area contributed by atoms with Gasteiger partial charge in [0.05, 0.1) is 9.52 Å². The lowest BCUT2D eigenvalue weighted by molar-refractivity contribution is 0.732. The number of benzene rings is 4. The predicted molar refractivity (Wildman–Crippen MR) is 213 cm³/mol. The van der Waals surface area contributed by atoms with Gasteiger partial charge < -0.3 is 0 Å². The number of hydrogen-bond acceptors (Lipinski definition) is 0. The summed E-state index contributed by atoms with van der Waals surface area (Å²) in [6.07, 6.45) is 25.5. The molecule has 0 amide bonds. The SMILES string of the molecule is CCC1=CC2=C(C=CC=CC2c2cc(Cl)c3ccccc3c2)C1(C)[Si]C1(C)C(CC)=CC2=C1C=CC=CC2c1cc(Cl)c2ccccc2c1. The average molecular weight is 692 g/mol. The summed E-state index contributed by atoms with van der Waals surface area (Å²) in [5.41, 5.74) is 11.2. The molecule has 4 aliphatic carbocycles. The van der Waals surface area contributed by atoms with Crippen molar-refractivity contribution in [3.8, 4) is 0 Å². The van der Waals surface area contributed by atoms with E-state index < -0.39 is 0 Å². The van der Waals surface area contributed by atoms with Crippen molar-refractivity contribution in [3.05, 3.63) is 188 Å². The van der Waals surface area contributed by atoms with Gasteiger partial charge in [-0.15, -0.1) is 0 Å². The topological polar surface area (TPSA) is 0 Å². The van der Waals surface area contributed by atoms with Crippen molar-refractivity contribution in [1.29, 1.82) is 0 Å². The van der Waals surface area contributed by atoms with Crippen LogP contribution in [0.15, 0.2) is 167 Å². The van der Waals surface area contributed by atoms with Crippen LogP contribution in [0.2, 0.25) is 20.1 Å². The third kappa shape index (κ3) is 5.25. The Bertz CT molecular complexity index is 2130. The Morgan fingerprint density at radius 1 is 0.592 bits per heavy atom. The number of fused-ring (bicyclic) bond motifs is 2. The van der Waals surface area contributed by atoms with Crippen molar-refractivity contribution in [3.63, 3.8) is 0 Å². The van der Waals surface area contributed by atoms with Gasteiger partial charge in [-0.3, -0.25) is 0 Å². The largest absolute Gasteiger partial charge is 0.0837 e. The molecule has 242 valence electrons. The molecule has 4 atom stereocenters. The second kappa shape index (κ2) is 12.5. The number of allylic oxidation sites excluding steroid dienone is 16. The van der Waals surface area contributed by atoms with Crippen molar-refractivity contribution in [2.75, 3.05) is 0 Å². The van der Waals surface area contributed by atoms with E-state index in [1.165, 1.54) is 55.3 Å². The van der Waals surface area contributed by atoms with Gasteiger partial charge in [0, 0.05) is 42.7 Å². The summed E-state index contributed by atoms with van der Waals surface area (Å²) in [7, 11) is 0.630. The molecule has 0 N–H and O–H groups in total. The van der Waals surface area contributed by atoms with Gasteiger partial charge in [0.2, 0.25) is 0 Å². The van der Waals surface area contributed by atoms with Gasteiger partial charge in [0.15, 0.2) is 0 Å². The Labute approximate surface area is 303 Å². The lowest BCUT2D eigenvalue weighted by Gasteiger charge is -2.41. The van der Waals surface area contributed by atoms with E-state index in [1.54, 1.807) is 0 Å². The zero-order valence-electron chi connectivity index (χ0n) is 28.5. The van der Waals surface area contributed by atoms with Crippen molar-refractivity contribution < 1.29 is 0 Å². The normalized spacial score (nSPS) is 25.9. The first-order chi connectivity index (χ1) is 23.7. The van der Waals surface area contributed by atoms with Gasteiger partial charge in [-0.1, -0.05) is 183 Å². The number of halogens is 2. The first kappa shape index (κ1) is 32.3. The first-order valence-electron chi connectivity index (χ1n) is 17.5. The predicted octanol–water partition coefficient (Wildman–Crippen LogP) is 13.8. The fraction of sp³-hybridized carbons (Fsp3) is 0.217. The monoisotopic (exact) mass is 690 g/mol. The van der Waals surface area contributed by atoms with Gasteiger partial charge in [-0.25, -0.2) is 0 Å². The molecule has 3 heteroatoms. The highest BCUT2D eigenvalue weighted by molar-refractivity contribution is 6.50. The zero-order chi connectivity index (χ0) is 33.9. The quantitative estimate of drug-likeness (QED) is 0.177. The Morgan fingerprint density at radius 3 is 1.45 bits per heavy atom. The van der Waals surface area contributed by atoms with E-state index in [4.69, 9.17) is 23.2 Å². The maximum absolute atomic E-state index is 6.91. The minimum absolute atomic E-state index is 0.105. The zero-order valence-corrected chi connectivity index (χ0v) is 31.0. The molecule has 0 fully saturated rings. The van der Waals surface area contributed by atoms with Gasteiger partial charge >= 0.3 is 0 Å². The molecule has 0 bridgehead atoms. The lowest BCUT2D eigenvalue weighted by atomic mass is 9.86. The molecule has 4 aromatic carbocycles. The van der Waals surface area contributed by atoms with Crippen molar-refractivity contribution >= 4 is 54.3 Å². The summed E-state index contributed by atoms with van der Waals surface area (Å²) >= 11 is 13.8. The second-order valence-electron chi connectivity index (χ2n) is 14.1. The van der Waals surface area contributed by atoms with E-state index in [0.29, 0.717) is 9.52 Å². The van der Waals surface area contributed by atoms with Crippen LogP contribution < -0.4 is 0 Å². The number of rotatable bonds is 6. The molecule has 0 aliphatic heterocycles. The first-order valence-corrected chi connectivity index (χ1v) is 19.3. The Kier molecular flexibility index (Phi) is 8.22. The van der Waals surface area contributed by atoms with Crippen LogP contribution in [0, 0.1) is 0 Å². The summed E-state index contributed by atoms with van der Waals surface area (Å²) in [5, 5.41) is 6.00. The molecule has 4 aliphatic rings. The van der Waals surface area contributed by atoms with Crippen molar-refractivity contribution in [2.45, 2.75) is 62.4 Å².